The molecule has 1 N–H and O–H groups in total. The first-order valence-corrected chi connectivity index (χ1v) is 21.9. The summed E-state index contributed by atoms with van der Waals surface area (Å²) in [7, 11) is 0. The molecule has 0 saturated carbocycles. The maximum Gasteiger partial charge on any atom is 0.181 e. The van der Waals surface area contributed by atoms with Gasteiger partial charge in [0.05, 0.1) is 5.71 Å². The normalized spacial score (nSPS) is 26.2. The highest BCUT2D eigenvalue weighted by Crippen LogP contribution is 2.50. The number of fused-ring (bicyclic) bond motifs is 8. The van der Waals surface area contributed by atoms with E-state index >= 15 is 0 Å². The van der Waals surface area contributed by atoms with Crippen LogP contribution in [0.3, 0.4) is 0 Å². The topological polar surface area (TPSA) is 32.6 Å². The van der Waals surface area contributed by atoms with E-state index in [1.165, 1.54) is 89.9 Å². The lowest BCUT2D eigenvalue weighted by molar-refractivity contribution is 0.370. The van der Waals surface area contributed by atoms with Crippen LogP contribution in [-0.2, 0) is 12.8 Å². The van der Waals surface area contributed by atoms with Crippen LogP contribution in [0.5, 0.6) is 0 Å². The molecule has 0 amide bonds. The summed E-state index contributed by atoms with van der Waals surface area (Å²) in [6, 6.07) is 28.2. The summed E-state index contributed by atoms with van der Waals surface area (Å²) in [6.45, 7) is 0. The van der Waals surface area contributed by atoms with E-state index in [1.807, 2.05) is 0 Å². The summed E-state index contributed by atoms with van der Waals surface area (Å²) >= 11 is 0. The molecular formula is C54H50N4. The molecule has 12 rings (SSSR count). The third kappa shape index (κ3) is 5.48. The molecule has 0 spiro atoms. The van der Waals surface area contributed by atoms with Crippen LogP contribution in [0.1, 0.15) is 109 Å². The van der Waals surface area contributed by atoms with Gasteiger partial charge in [-0.15, -0.1) is 0 Å². The number of benzene rings is 3. The lowest BCUT2D eigenvalue weighted by Crippen LogP contribution is -2.46. The molecule has 5 unspecified atom stereocenters. The number of hydrogen-bond acceptors (Lipinski definition) is 3. The molecule has 2 aliphatic heterocycles. The van der Waals surface area contributed by atoms with Crippen molar-refractivity contribution in [3.8, 4) is 0 Å². The summed E-state index contributed by atoms with van der Waals surface area (Å²) in [4.78, 5) is 8.48. The van der Waals surface area contributed by atoms with Gasteiger partial charge in [0.2, 0.25) is 0 Å². The van der Waals surface area contributed by atoms with Gasteiger partial charge in [0.25, 0.3) is 0 Å². The number of aromatic nitrogens is 1. The molecule has 0 fully saturated rings. The van der Waals surface area contributed by atoms with E-state index in [9.17, 15) is 0 Å². The second-order valence-corrected chi connectivity index (χ2v) is 17.3. The van der Waals surface area contributed by atoms with Gasteiger partial charge in [-0.3, -0.25) is 5.32 Å². The molecule has 0 radical (unpaired) electrons. The Labute approximate surface area is 342 Å². The van der Waals surface area contributed by atoms with Crippen molar-refractivity contribution in [3.05, 3.63) is 194 Å². The molecule has 286 valence electrons. The lowest BCUT2D eigenvalue weighted by atomic mass is 9.82. The Morgan fingerprint density at radius 3 is 2.45 bits per heavy atom. The zero-order chi connectivity index (χ0) is 38.2. The zero-order valence-electron chi connectivity index (χ0n) is 33.2. The fraction of sp³-hybridized carbons (Fsp3) is 0.278. The number of aliphatic imine (C=N–C) groups is 1. The summed E-state index contributed by atoms with van der Waals surface area (Å²) in [5.74, 6) is 0.809. The molecule has 3 aromatic carbocycles. The molecule has 1 aromatic heterocycles. The average molecular weight is 755 g/mol. The second kappa shape index (κ2) is 14.0. The van der Waals surface area contributed by atoms with E-state index in [1.54, 1.807) is 0 Å². The van der Waals surface area contributed by atoms with Crippen molar-refractivity contribution in [1.82, 2.24) is 9.88 Å². The monoisotopic (exact) mass is 754 g/mol. The van der Waals surface area contributed by atoms with Crippen LogP contribution in [0, 0.1) is 0 Å². The first-order valence-electron chi connectivity index (χ1n) is 21.9. The number of nitrogens with zero attached hydrogens (tertiary/aromatic N) is 3. The van der Waals surface area contributed by atoms with Crippen LogP contribution in [0.15, 0.2) is 150 Å². The van der Waals surface area contributed by atoms with Gasteiger partial charge in [-0.05, 0) is 143 Å². The molecule has 6 aliphatic carbocycles. The fourth-order valence-corrected chi connectivity index (χ4v) is 11.5. The Bertz CT molecular complexity index is 2740. The standard InChI is InChI=1S/C54H50N4/c1-3-15-35(16-4-1)39-30-31-45(41-20-8-7-19-40(39)41)53-46-23-9-12-24-48(46)55-54(56-53)58-50-26-14-11-22-43(50)47-33-36(28-32-51(47)58)37-27-29-44-42-21-10-13-25-49(42)57(52(44)34-37)38-17-5-2-6-18-38/h1,3-5,7-10,12,14-21,23,26-29,32,34,36,42,48-49,54-55H,2,6,11,13,22,24-25,30-31,33H2. The number of anilines is 1. The predicted octanol–water partition coefficient (Wildman–Crippen LogP) is 10.3. The SMILES string of the molecule is C1=CCC2NC(n3c4c(c5c3C=CC(c3ccc6c(c3)N(C3=CCCC=C3)C3CCC=CC63)C5)CCC=C4)N=C(C3=c4ccccc4=C(c4ccccc4)CC3)C2=C1. The van der Waals surface area contributed by atoms with E-state index in [4.69, 9.17) is 4.99 Å². The van der Waals surface area contributed by atoms with Crippen LogP contribution in [0.2, 0.25) is 0 Å². The Balaban J connectivity index is 0.956. The Morgan fingerprint density at radius 1 is 0.707 bits per heavy atom. The maximum absolute atomic E-state index is 5.78. The highest BCUT2D eigenvalue weighted by Gasteiger charge is 2.40. The third-order valence-electron chi connectivity index (χ3n) is 14.2. The van der Waals surface area contributed by atoms with Gasteiger partial charge in [0.1, 0.15) is 0 Å². The highest BCUT2D eigenvalue weighted by atomic mass is 15.3. The molecule has 5 atom stereocenters. The van der Waals surface area contributed by atoms with Gasteiger partial charge in [-0.2, -0.15) is 0 Å². The van der Waals surface area contributed by atoms with E-state index in [2.05, 4.69) is 160 Å². The summed E-state index contributed by atoms with van der Waals surface area (Å²) in [5.41, 5.74) is 18.1. The first-order chi connectivity index (χ1) is 28.8. The Morgan fingerprint density at radius 2 is 1.55 bits per heavy atom. The number of nitrogens with one attached hydrogen (secondary N) is 1. The van der Waals surface area contributed by atoms with Crippen molar-refractivity contribution in [1.29, 1.82) is 0 Å². The summed E-state index contributed by atoms with van der Waals surface area (Å²) < 4.78 is 2.56. The Hall–Kier alpha value is -5.71. The average Bonchev–Trinajstić information content (AvgIpc) is 3.81. The van der Waals surface area contributed by atoms with Crippen molar-refractivity contribution in [3.63, 3.8) is 0 Å². The minimum Gasteiger partial charge on any atom is -0.337 e. The van der Waals surface area contributed by atoms with Crippen LogP contribution in [0.4, 0.5) is 5.69 Å². The van der Waals surface area contributed by atoms with Gasteiger partial charge < -0.3 is 9.47 Å². The quantitative estimate of drug-likeness (QED) is 0.206. The van der Waals surface area contributed by atoms with Gasteiger partial charge >= 0.3 is 0 Å². The molecule has 4 nitrogen and oxygen atoms in total. The van der Waals surface area contributed by atoms with E-state index < -0.39 is 0 Å². The van der Waals surface area contributed by atoms with E-state index in [0.717, 1.165) is 57.8 Å². The number of allylic oxidation sites excluding steroid dienone is 8. The lowest BCUT2D eigenvalue weighted by Gasteiger charge is -2.36. The van der Waals surface area contributed by atoms with Crippen molar-refractivity contribution >= 4 is 34.7 Å². The van der Waals surface area contributed by atoms with Gasteiger partial charge in [0, 0.05) is 46.7 Å². The second-order valence-electron chi connectivity index (χ2n) is 17.3. The van der Waals surface area contributed by atoms with Crippen LogP contribution >= 0.6 is 0 Å². The molecule has 4 heteroatoms. The fourth-order valence-electron chi connectivity index (χ4n) is 11.5. The predicted molar refractivity (Wildman–Crippen MR) is 240 cm³/mol. The van der Waals surface area contributed by atoms with Crippen molar-refractivity contribution < 1.29 is 0 Å². The highest BCUT2D eigenvalue weighted by molar-refractivity contribution is 6.28. The first kappa shape index (κ1) is 34.3. The van der Waals surface area contributed by atoms with Crippen molar-refractivity contribution in [2.45, 2.75) is 94.4 Å². The van der Waals surface area contributed by atoms with Crippen LogP contribution < -0.4 is 20.7 Å². The maximum atomic E-state index is 5.78. The molecular weight excluding hydrogens is 705 g/mol. The van der Waals surface area contributed by atoms with Crippen molar-refractivity contribution in [2.75, 3.05) is 4.90 Å². The van der Waals surface area contributed by atoms with Crippen molar-refractivity contribution in [2.24, 2.45) is 4.99 Å². The Kier molecular flexibility index (Phi) is 8.28. The van der Waals surface area contributed by atoms with E-state index in [-0.39, 0.29) is 12.3 Å². The van der Waals surface area contributed by atoms with Crippen LogP contribution in [-0.4, -0.2) is 22.4 Å². The summed E-state index contributed by atoms with van der Waals surface area (Å²) in [6.07, 6.45) is 39.3. The molecule has 0 bridgehead atoms. The molecule has 0 saturated heterocycles. The number of rotatable bonds is 5. The molecule has 4 aromatic rings. The molecule has 3 heterocycles. The largest absolute Gasteiger partial charge is 0.337 e. The zero-order valence-corrected chi connectivity index (χ0v) is 33.2. The molecule has 8 aliphatic rings. The summed E-state index contributed by atoms with van der Waals surface area (Å²) in [5, 5.41) is 6.75. The van der Waals surface area contributed by atoms with Gasteiger partial charge in [0.15, 0.2) is 6.29 Å². The van der Waals surface area contributed by atoms with Crippen LogP contribution in [0.25, 0.3) is 23.3 Å². The number of hydrogen-bond donors (Lipinski definition) is 1. The molecule has 58 heavy (non-hydrogen) atoms. The minimum atomic E-state index is -0.189. The third-order valence-corrected chi connectivity index (χ3v) is 14.2. The van der Waals surface area contributed by atoms with Gasteiger partial charge in [-0.25, -0.2) is 4.99 Å². The minimum absolute atomic E-state index is 0.189. The van der Waals surface area contributed by atoms with E-state index in [0.29, 0.717) is 17.9 Å². The smallest absolute Gasteiger partial charge is 0.181 e. The van der Waals surface area contributed by atoms with Gasteiger partial charge in [-0.1, -0.05) is 121 Å².